The van der Waals surface area contributed by atoms with Crippen LogP contribution in [0.5, 0.6) is 0 Å². The van der Waals surface area contributed by atoms with Gasteiger partial charge in [0.25, 0.3) is 17.7 Å². The molecule has 18 nitrogen and oxygen atoms in total. The summed E-state index contributed by atoms with van der Waals surface area (Å²) in [5, 5.41) is 8.46. The van der Waals surface area contributed by atoms with E-state index in [2.05, 4.69) is 30.8 Å². The van der Waals surface area contributed by atoms with Crippen LogP contribution < -0.4 is 26.6 Å². The maximum Gasteiger partial charge on any atom is 0.317 e. The Bertz CT molecular complexity index is 2320. The molecular formula is C39H44N10O8S. The fraction of sp³-hybridized carbons (Fsp3) is 0.436. The molecule has 5 aliphatic rings. The molecule has 4 fully saturated rings. The van der Waals surface area contributed by atoms with Gasteiger partial charge >= 0.3 is 6.03 Å². The second-order valence-corrected chi connectivity index (χ2v) is 17.9. The molecule has 8 rings (SSSR count). The van der Waals surface area contributed by atoms with E-state index in [1.807, 2.05) is 15.9 Å². The largest absolute Gasteiger partial charge is 0.364 e. The van der Waals surface area contributed by atoms with Crippen molar-refractivity contribution >= 4 is 62.7 Å². The third kappa shape index (κ3) is 7.70. The molecule has 0 radical (unpaired) electrons. The summed E-state index contributed by atoms with van der Waals surface area (Å²) in [6.45, 7) is 4.72. The molecule has 304 valence electrons. The van der Waals surface area contributed by atoms with Gasteiger partial charge in [-0.15, -0.1) is 0 Å². The average molecular weight is 813 g/mol. The number of primary amides is 1. The number of piperidine rings is 3. The van der Waals surface area contributed by atoms with Gasteiger partial charge in [-0.3, -0.25) is 39.1 Å². The van der Waals surface area contributed by atoms with E-state index in [0.29, 0.717) is 44.2 Å². The fourth-order valence-corrected chi connectivity index (χ4v) is 9.31. The van der Waals surface area contributed by atoms with E-state index < -0.39 is 45.4 Å². The third-order valence-electron chi connectivity index (χ3n) is 11.8. The first-order valence-corrected chi connectivity index (χ1v) is 21.2. The van der Waals surface area contributed by atoms with E-state index in [9.17, 15) is 37.2 Å². The van der Waals surface area contributed by atoms with E-state index in [4.69, 9.17) is 5.73 Å². The van der Waals surface area contributed by atoms with Gasteiger partial charge in [0.15, 0.2) is 21.3 Å². The van der Waals surface area contributed by atoms with Gasteiger partial charge in [0.1, 0.15) is 11.9 Å². The van der Waals surface area contributed by atoms with Crippen molar-refractivity contribution in [2.24, 2.45) is 11.1 Å². The zero-order chi connectivity index (χ0) is 40.9. The number of sulfone groups is 1. The summed E-state index contributed by atoms with van der Waals surface area (Å²) in [5.41, 5.74) is 7.54. The first kappa shape index (κ1) is 38.9. The Balaban J connectivity index is 0.822. The van der Waals surface area contributed by atoms with Crippen molar-refractivity contribution in [3.63, 3.8) is 0 Å². The molecule has 2 atom stereocenters. The van der Waals surface area contributed by atoms with E-state index >= 15 is 0 Å². The summed E-state index contributed by atoms with van der Waals surface area (Å²) >= 11 is 0. The molecule has 0 saturated carbocycles. The van der Waals surface area contributed by atoms with Crippen LogP contribution in [0.15, 0.2) is 53.6 Å². The summed E-state index contributed by atoms with van der Waals surface area (Å²) in [6.07, 6.45) is 6.09. The van der Waals surface area contributed by atoms with Gasteiger partial charge in [0, 0.05) is 70.2 Å². The second kappa shape index (κ2) is 15.1. The van der Waals surface area contributed by atoms with Gasteiger partial charge in [-0.2, -0.15) is 0 Å². The van der Waals surface area contributed by atoms with Crippen LogP contribution in [0.1, 0.15) is 75.3 Å². The Labute approximate surface area is 334 Å². The molecule has 5 N–H and O–H groups in total. The van der Waals surface area contributed by atoms with Crippen LogP contribution in [0.2, 0.25) is 0 Å². The number of imide groups is 2. The van der Waals surface area contributed by atoms with Crippen LogP contribution in [-0.4, -0.2) is 126 Å². The number of hydrogen-bond acceptors (Lipinski definition) is 13. The van der Waals surface area contributed by atoms with E-state index in [0.717, 1.165) is 55.5 Å². The minimum Gasteiger partial charge on any atom is -0.364 e. The van der Waals surface area contributed by atoms with Crippen molar-refractivity contribution in [3.8, 4) is 0 Å². The maximum absolute atomic E-state index is 13.5. The molecule has 1 spiro atoms. The number of anilines is 3. The first-order chi connectivity index (χ1) is 27.7. The maximum atomic E-state index is 13.5. The Morgan fingerprint density at radius 3 is 2.38 bits per heavy atom. The van der Waals surface area contributed by atoms with Crippen LogP contribution in [0.25, 0.3) is 0 Å². The molecule has 4 saturated heterocycles. The molecule has 2 unspecified atom stereocenters. The number of aromatic nitrogens is 2. The van der Waals surface area contributed by atoms with Crippen LogP contribution in [0.4, 0.5) is 22.1 Å². The smallest absolute Gasteiger partial charge is 0.317 e. The van der Waals surface area contributed by atoms with Crippen molar-refractivity contribution < 1.29 is 37.2 Å². The highest BCUT2D eigenvalue weighted by molar-refractivity contribution is 7.90. The van der Waals surface area contributed by atoms with E-state index in [-0.39, 0.29) is 57.9 Å². The zero-order valence-electron chi connectivity index (χ0n) is 31.9. The summed E-state index contributed by atoms with van der Waals surface area (Å²) in [4.78, 5) is 92.2. The number of rotatable bonds is 9. The molecule has 7 amide bonds. The molecule has 0 aliphatic carbocycles. The Morgan fingerprint density at radius 1 is 0.966 bits per heavy atom. The van der Waals surface area contributed by atoms with Crippen LogP contribution in [-0.2, 0) is 26.0 Å². The number of amides is 7. The van der Waals surface area contributed by atoms with Gasteiger partial charge in [-0.05, 0) is 79.5 Å². The summed E-state index contributed by atoms with van der Waals surface area (Å²) in [5.74, 6) is -2.22. The number of carbonyl (C=O) groups is 6. The number of fused-ring (bicyclic) bond motifs is 1. The number of urea groups is 1. The van der Waals surface area contributed by atoms with Crippen molar-refractivity contribution in [2.45, 2.75) is 62.0 Å². The lowest BCUT2D eigenvalue weighted by Gasteiger charge is -2.54. The number of likely N-dealkylation sites (tertiary alicyclic amines) is 2. The molecule has 0 bridgehead atoms. The van der Waals surface area contributed by atoms with Gasteiger partial charge < -0.3 is 26.2 Å². The number of hydrogen-bond donors (Lipinski definition) is 4. The molecule has 5 aliphatic heterocycles. The quantitative estimate of drug-likeness (QED) is 0.224. The lowest BCUT2D eigenvalue weighted by atomic mass is 9.72. The number of carbonyl (C=O) groups excluding carboxylic acids is 6. The standard InChI is InChI=1S/C39H44N10O8S/c1-58(56,57)26-7-5-24(6-8-26)42-34-32(33(40)51)41-18-30(44-34)48-14-2-3-25(20-48)43-38(55)47-15-12-39(13-16-47)21-46(22-39)19-23-4-9-27-28(17-23)37(54)49(36(27)53)29-10-11-31(50)45-35(29)52/h4-9,17-18,25,29H,2-3,10-16,19-22H2,1H3,(H2,40,51)(H,42,44)(H,43,55)(H,45,50,52). The fourth-order valence-electron chi connectivity index (χ4n) is 8.68. The highest BCUT2D eigenvalue weighted by atomic mass is 32.2. The van der Waals surface area contributed by atoms with Crippen molar-refractivity contribution in [1.29, 1.82) is 0 Å². The Hall–Kier alpha value is -5.95. The monoisotopic (exact) mass is 812 g/mol. The SMILES string of the molecule is CS(=O)(=O)c1ccc(Nc2nc(N3CCCC(NC(=O)N4CCC5(CC4)CN(Cc4ccc6c(c4)C(=O)N(C4CCC(=O)NC4=O)C6=O)C5)C3)cnc2C(N)=O)cc1. The summed E-state index contributed by atoms with van der Waals surface area (Å²) in [6, 6.07) is 10.00. The van der Waals surface area contributed by atoms with Crippen molar-refractivity contribution in [3.05, 3.63) is 71.0 Å². The lowest BCUT2D eigenvalue weighted by Crippen LogP contribution is -2.61. The van der Waals surface area contributed by atoms with Crippen molar-refractivity contribution in [1.82, 2.24) is 35.3 Å². The summed E-state index contributed by atoms with van der Waals surface area (Å²) in [7, 11) is -3.38. The van der Waals surface area contributed by atoms with Gasteiger partial charge in [-0.25, -0.2) is 23.2 Å². The first-order valence-electron chi connectivity index (χ1n) is 19.3. The van der Waals surface area contributed by atoms with Gasteiger partial charge in [0.05, 0.1) is 22.2 Å². The molecule has 3 aromatic rings. The average Bonchev–Trinajstić information content (AvgIpc) is 3.42. The number of benzene rings is 2. The van der Waals surface area contributed by atoms with Gasteiger partial charge in [0.2, 0.25) is 11.8 Å². The Kier molecular flexibility index (Phi) is 10.1. The van der Waals surface area contributed by atoms with Crippen LogP contribution in [0.3, 0.4) is 0 Å². The second-order valence-electron chi connectivity index (χ2n) is 15.9. The topological polar surface area (TPSA) is 237 Å². The number of nitrogens with one attached hydrogen (secondary N) is 3. The molecular weight excluding hydrogens is 769 g/mol. The lowest BCUT2D eigenvalue weighted by molar-refractivity contribution is -0.136. The highest BCUT2D eigenvalue weighted by Crippen LogP contribution is 2.41. The number of nitrogens with two attached hydrogens (primary N) is 1. The highest BCUT2D eigenvalue weighted by Gasteiger charge is 2.47. The van der Waals surface area contributed by atoms with Crippen LogP contribution >= 0.6 is 0 Å². The predicted molar refractivity (Wildman–Crippen MR) is 209 cm³/mol. The Morgan fingerprint density at radius 2 is 1.69 bits per heavy atom. The molecule has 1 aromatic heterocycles. The normalized spacial score (nSPS) is 22.1. The zero-order valence-corrected chi connectivity index (χ0v) is 32.7. The predicted octanol–water partition coefficient (Wildman–Crippen LogP) is 1.40. The molecule has 6 heterocycles. The molecule has 58 heavy (non-hydrogen) atoms. The summed E-state index contributed by atoms with van der Waals surface area (Å²) < 4.78 is 23.7. The van der Waals surface area contributed by atoms with Crippen molar-refractivity contribution in [2.75, 3.05) is 55.7 Å². The van der Waals surface area contributed by atoms with E-state index in [1.165, 1.54) is 18.3 Å². The third-order valence-corrected chi connectivity index (χ3v) is 12.9. The van der Waals surface area contributed by atoms with Crippen LogP contribution in [0, 0.1) is 5.41 Å². The molecule has 19 heteroatoms. The molecule has 2 aromatic carbocycles. The minimum absolute atomic E-state index is 0.0623. The van der Waals surface area contributed by atoms with E-state index in [1.54, 1.807) is 24.3 Å². The minimum atomic E-state index is -3.38. The number of nitrogens with zero attached hydrogens (tertiary/aromatic N) is 6. The van der Waals surface area contributed by atoms with Gasteiger partial charge in [-0.1, -0.05) is 6.07 Å².